The lowest BCUT2D eigenvalue weighted by Gasteiger charge is -2.32. The number of carbonyl (C=O) groups excluding carboxylic acids is 1. The van der Waals surface area contributed by atoms with E-state index in [0.29, 0.717) is 18.7 Å². The molecule has 1 aromatic carbocycles. The Labute approximate surface area is 147 Å². The fourth-order valence-electron chi connectivity index (χ4n) is 3.29. The van der Waals surface area contributed by atoms with E-state index in [2.05, 4.69) is 10.5 Å². The lowest BCUT2D eigenvalue weighted by molar-refractivity contribution is 0.0621. The van der Waals surface area contributed by atoms with Crippen molar-refractivity contribution in [2.24, 2.45) is 5.92 Å². The molecule has 2 heterocycles. The van der Waals surface area contributed by atoms with Crippen LogP contribution in [0.15, 0.2) is 28.8 Å². The maximum atomic E-state index is 12.7. The number of rotatable bonds is 5. The van der Waals surface area contributed by atoms with Crippen LogP contribution in [-0.2, 0) is 6.54 Å². The Morgan fingerprint density at radius 3 is 3.00 bits per heavy atom. The average molecular weight is 343 g/mol. The molecule has 134 valence electrons. The number of aliphatic hydroxyl groups is 1. The van der Waals surface area contributed by atoms with E-state index in [1.165, 1.54) is 0 Å². The van der Waals surface area contributed by atoms with Crippen molar-refractivity contribution in [2.45, 2.75) is 33.2 Å². The third-order valence-electron chi connectivity index (χ3n) is 4.82. The van der Waals surface area contributed by atoms with Crippen LogP contribution in [0, 0.1) is 19.8 Å². The van der Waals surface area contributed by atoms with E-state index in [0.717, 1.165) is 42.1 Å². The molecule has 1 atom stereocenters. The van der Waals surface area contributed by atoms with Crippen LogP contribution in [0.4, 0.5) is 5.69 Å². The van der Waals surface area contributed by atoms with Gasteiger partial charge in [-0.05, 0) is 50.8 Å². The van der Waals surface area contributed by atoms with Crippen molar-refractivity contribution >= 4 is 11.6 Å². The number of nitrogens with one attached hydrogen (secondary N) is 1. The standard InChI is InChI=1S/C19H25N3O3/c1-13-18(14(2)25-21-13)10-20-17-7-3-6-16(9-17)19(24)22-8-4-5-15(11-22)12-23/h3,6-7,9,15,20,23H,4-5,8,10-12H2,1-2H3. The number of amides is 1. The first-order chi connectivity index (χ1) is 12.1. The minimum Gasteiger partial charge on any atom is -0.396 e. The second-order valence-corrected chi connectivity index (χ2v) is 6.68. The van der Waals surface area contributed by atoms with E-state index in [9.17, 15) is 9.90 Å². The van der Waals surface area contributed by atoms with E-state index < -0.39 is 0 Å². The van der Waals surface area contributed by atoms with Gasteiger partial charge in [0.15, 0.2) is 0 Å². The summed E-state index contributed by atoms with van der Waals surface area (Å²) in [5.74, 6) is 1.03. The van der Waals surface area contributed by atoms with Crippen molar-refractivity contribution in [3.8, 4) is 0 Å². The highest BCUT2D eigenvalue weighted by Gasteiger charge is 2.24. The highest BCUT2D eigenvalue weighted by molar-refractivity contribution is 5.95. The molecule has 0 saturated carbocycles. The Morgan fingerprint density at radius 1 is 1.44 bits per heavy atom. The van der Waals surface area contributed by atoms with Gasteiger partial charge in [0.25, 0.3) is 5.91 Å². The molecular weight excluding hydrogens is 318 g/mol. The zero-order chi connectivity index (χ0) is 17.8. The number of anilines is 1. The highest BCUT2D eigenvalue weighted by Crippen LogP contribution is 2.20. The van der Waals surface area contributed by atoms with Crippen LogP contribution in [0.5, 0.6) is 0 Å². The molecule has 2 N–H and O–H groups in total. The van der Waals surface area contributed by atoms with Crippen molar-refractivity contribution in [2.75, 3.05) is 25.0 Å². The van der Waals surface area contributed by atoms with Crippen molar-refractivity contribution in [3.63, 3.8) is 0 Å². The molecule has 3 rings (SSSR count). The van der Waals surface area contributed by atoms with Gasteiger partial charge in [-0.2, -0.15) is 0 Å². The molecule has 1 saturated heterocycles. The van der Waals surface area contributed by atoms with Crippen LogP contribution in [0.1, 0.15) is 40.2 Å². The molecule has 25 heavy (non-hydrogen) atoms. The fourth-order valence-corrected chi connectivity index (χ4v) is 3.29. The summed E-state index contributed by atoms with van der Waals surface area (Å²) in [6, 6.07) is 7.55. The molecule has 1 fully saturated rings. The van der Waals surface area contributed by atoms with E-state index in [4.69, 9.17) is 4.52 Å². The number of carbonyl (C=O) groups is 1. The molecule has 0 aliphatic carbocycles. The zero-order valence-electron chi connectivity index (χ0n) is 14.8. The smallest absolute Gasteiger partial charge is 0.253 e. The Bertz CT molecular complexity index is 722. The number of aliphatic hydroxyl groups excluding tert-OH is 1. The van der Waals surface area contributed by atoms with Gasteiger partial charge in [0, 0.05) is 43.1 Å². The monoisotopic (exact) mass is 343 g/mol. The largest absolute Gasteiger partial charge is 0.396 e. The summed E-state index contributed by atoms with van der Waals surface area (Å²) in [6.45, 7) is 5.95. The summed E-state index contributed by atoms with van der Waals surface area (Å²) in [6.07, 6.45) is 1.93. The van der Waals surface area contributed by atoms with Crippen LogP contribution in [0.3, 0.4) is 0 Å². The normalized spacial score (nSPS) is 17.6. The van der Waals surface area contributed by atoms with Gasteiger partial charge in [-0.15, -0.1) is 0 Å². The Balaban J connectivity index is 1.67. The van der Waals surface area contributed by atoms with Crippen molar-refractivity contribution in [3.05, 3.63) is 46.8 Å². The van der Waals surface area contributed by atoms with Crippen LogP contribution in [0.2, 0.25) is 0 Å². The highest BCUT2D eigenvalue weighted by atomic mass is 16.5. The van der Waals surface area contributed by atoms with Gasteiger partial charge >= 0.3 is 0 Å². The first kappa shape index (κ1) is 17.5. The van der Waals surface area contributed by atoms with Gasteiger partial charge in [-0.25, -0.2) is 0 Å². The first-order valence-corrected chi connectivity index (χ1v) is 8.74. The van der Waals surface area contributed by atoms with E-state index >= 15 is 0 Å². The molecule has 2 aromatic rings. The summed E-state index contributed by atoms with van der Waals surface area (Å²) in [5, 5.41) is 16.6. The van der Waals surface area contributed by atoms with Gasteiger partial charge < -0.3 is 19.8 Å². The van der Waals surface area contributed by atoms with Gasteiger partial charge in [-0.3, -0.25) is 4.79 Å². The summed E-state index contributed by atoms with van der Waals surface area (Å²) in [7, 11) is 0. The zero-order valence-corrected chi connectivity index (χ0v) is 14.8. The fraction of sp³-hybridized carbons (Fsp3) is 0.474. The molecule has 1 amide bonds. The number of likely N-dealkylation sites (tertiary alicyclic amines) is 1. The summed E-state index contributed by atoms with van der Waals surface area (Å²) in [4.78, 5) is 14.6. The van der Waals surface area contributed by atoms with Gasteiger partial charge in [0.1, 0.15) is 5.76 Å². The molecule has 1 unspecified atom stereocenters. The second-order valence-electron chi connectivity index (χ2n) is 6.68. The number of benzene rings is 1. The van der Waals surface area contributed by atoms with Crippen molar-refractivity contribution in [1.29, 1.82) is 0 Å². The van der Waals surface area contributed by atoms with E-state index in [1.54, 1.807) is 0 Å². The molecule has 6 heteroatoms. The third kappa shape index (κ3) is 4.02. The molecule has 1 aliphatic rings. The van der Waals surface area contributed by atoms with Crippen molar-refractivity contribution < 1.29 is 14.4 Å². The molecule has 0 spiro atoms. The predicted molar refractivity (Wildman–Crippen MR) is 95.5 cm³/mol. The van der Waals surface area contributed by atoms with Crippen molar-refractivity contribution in [1.82, 2.24) is 10.1 Å². The lowest BCUT2D eigenvalue weighted by Crippen LogP contribution is -2.40. The SMILES string of the molecule is Cc1noc(C)c1CNc1cccc(C(=O)N2CCCC(CO)C2)c1. The number of hydrogen-bond donors (Lipinski definition) is 2. The molecule has 1 aromatic heterocycles. The maximum Gasteiger partial charge on any atom is 0.253 e. The third-order valence-corrected chi connectivity index (χ3v) is 4.82. The quantitative estimate of drug-likeness (QED) is 0.873. The number of aromatic nitrogens is 1. The molecule has 0 bridgehead atoms. The van der Waals surface area contributed by atoms with E-state index in [-0.39, 0.29) is 18.4 Å². The van der Waals surface area contributed by atoms with Gasteiger partial charge in [0.05, 0.1) is 5.69 Å². The second kappa shape index (κ2) is 7.70. The maximum absolute atomic E-state index is 12.7. The summed E-state index contributed by atoms with van der Waals surface area (Å²) in [5.41, 5.74) is 3.48. The van der Waals surface area contributed by atoms with Gasteiger partial charge in [0.2, 0.25) is 0 Å². The number of piperidine rings is 1. The minimum atomic E-state index is 0.0270. The minimum absolute atomic E-state index is 0.0270. The number of nitrogens with zero attached hydrogens (tertiary/aromatic N) is 2. The lowest BCUT2D eigenvalue weighted by atomic mass is 9.98. The molecule has 6 nitrogen and oxygen atoms in total. The topological polar surface area (TPSA) is 78.6 Å². The van der Waals surface area contributed by atoms with Crippen LogP contribution in [0.25, 0.3) is 0 Å². The predicted octanol–water partition coefficient (Wildman–Crippen LogP) is 2.75. The number of aryl methyl sites for hydroxylation is 2. The number of hydrogen-bond acceptors (Lipinski definition) is 5. The van der Waals surface area contributed by atoms with Crippen LogP contribution in [-0.4, -0.2) is 40.8 Å². The summed E-state index contributed by atoms with van der Waals surface area (Å²) >= 11 is 0. The molecule has 0 radical (unpaired) electrons. The van der Waals surface area contributed by atoms with Crippen LogP contribution < -0.4 is 5.32 Å². The Kier molecular flexibility index (Phi) is 5.38. The van der Waals surface area contributed by atoms with E-state index in [1.807, 2.05) is 43.0 Å². The molecular formula is C19H25N3O3. The molecule has 1 aliphatic heterocycles. The summed E-state index contributed by atoms with van der Waals surface area (Å²) < 4.78 is 5.17. The van der Waals surface area contributed by atoms with Crippen LogP contribution >= 0.6 is 0 Å². The van der Waals surface area contributed by atoms with Gasteiger partial charge in [-0.1, -0.05) is 11.2 Å². The first-order valence-electron chi connectivity index (χ1n) is 8.74. The Hall–Kier alpha value is -2.34. The average Bonchev–Trinajstić information content (AvgIpc) is 2.97. The Morgan fingerprint density at radius 2 is 2.28 bits per heavy atom.